The Morgan fingerprint density at radius 2 is 2.28 bits per heavy atom. The van der Waals surface area contributed by atoms with Crippen LogP contribution in [0.2, 0.25) is 0 Å². The Morgan fingerprint density at radius 1 is 1.33 bits per heavy atom. The molecule has 1 aliphatic carbocycles. The zero-order chi connectivity index (χ0) is 12.1. The van der Waals surface area contributed by atoms with Gasteiger partial charge >= 0.3 is 0 Å². The molecule has 3 heterocycles. The molecule has 0 amide bonds. The molecule has 2 N–H and O–H groups in total. The number of hydrogen-bond acceptors (Lipinski definition) is 4. The Bertz CT molecular complexity index is 431. The van der Waals surface area contributed by atoms with Crippen LogP contribution in [0.3, 0.4) is 0 Å². The molecule has 0 aromatic carbocycles. The summed E-state index contributed by atoms with van der Waals surface area (Å²) in [6.07, 6.45) is 11.1. The van der Waals surface area contributed by atoms with Crippen molar-refractivity contribution in [1.82, 2.24) is 4.90 Å². The van der Waals surface area contributed by atoms with Crippen molar-refractivity contribution in [3.8, 4) is 0 Å². The molecule has 18 heavy (non-hydrogen) atoms. The van der Waals surface area contributed by atoms with E-state index >= 15 is 0 Å². The van der Waals surface area contributed by atoms with Gasteiger partial charge in [-0.2, -0.15) is 0 Å². The number of aliphatic imine (C=N–C) groups is 1. The van der Waals surface area contributed by atoms with Crippen LogP contribution >= 0.6 is 11.8 Å². The van der Waals surface area contributed by atoms with Gasteiger partial charge in [0.15, 0.2) is 0 Å². The molecule has 3 aliphatic heterocycles. The van der Waals surface area contributed by atoms with Crippen LogP contribution in [-0.2, 0) is 0 Å². The molecule has 1 saturated heterocycles. The van der Waals surface area contributed by atoms with Crippen molar-refractivity contribution in [1.29, 1.82) is 0 Å². The molecular weight excluding hydrogens is 242 g/mol. The summed E-state index contributed by atoms with van der Waals surface area (Å²) in [5.74, 6) is 3.23. The molecule has 0 bridgehead atoms. The van der Waals surface area contributed by atoms with Gasteiger partial charge in [-0.3, -0.25) is 4.99 Å². The first kappa shape index (κ1) is 11.1. The second-order valence-corrected chi connectivity index (χ2v) is 6.86. The number of thioether (sulfide) groups is 1. The van der Waals surface area contributed by atoms with Gasteiger partial charge in [0.2, 0.25) is 0 Å². The van der Waals surface area contributed by atoms with E-state index in [0.29, 0.717) is 30.0 Å². The van der Waals surface area contributed by atoms with Crippen molar-refractivity contribution < 1.29 is 0 Å². The molecular formula is C14H19N3S. The van der Waals surface area contributed by atoms with Gasteiger partial charge in [-0.15, -0.1) is 11.8 Å². The highest BCUT2D eigenvalue weighted by Gasteiger charge is 2.52. The Kier molecular flexibility index (Phi) is 2.55. The predicted octanol–water partition coefficient (Wildman–Crippen LogP) is 1.83. The Balaban J connectivity index is 1.76. The fraction of sp³-hybridized carbons (Fsp3) is 0.643. The number of fused-ring (bicyclic) bond motifs is 3. The lowest BCUT2D eigenvalue weighted by Gasteiger charge is -2.40. The largest absolute Gasteiger partial charge is 0.366 e. The Labute approximate surface area is 112 Å². The van der Waals surface area contributed by atoms with Gasteiger partial charge in [0.1, 0.15) is 0 Å². The highest BCUT2D eigenvalue weighted by molar-refractivity contribution is 8.02. The van der Waals surface area contributed by atoms with Crippen LogP contribution in [-0.4, -0.2) is 35.0 Å². The lowest BCUT2D eigenvalue weighted by Crippen LogP contribution is -2.46. The maximum Gasteiger partial charge on any atom is 0.0570 e. The average molecular weight is 261 g/mol. The first-order valence-corrected chi connectivity index (χ1v) is 7.91. The third-order valence-electron chi connectivity index (χ3n) is 4.95. The van der Waals surface area contributed by atoms with Crippen molar-refractivity contribution in [3.05, 3.63) is 23.9 Å². The van der Waals surface area contributed by atoms with E-state index in [-0.39, 0.29) is 0 Å². The van der Waals surface area contributed by atoms with Crippen LogP contribution in [0.4, 0.5) is 0 Å². The molecule has 6 unspecified atom stereocenters. The van der Waals surface area contributed by atoms with Gasteiger partial charge in [0, 0.05) is 42.4 Å². The standard InChI is InChI=1S/C14H19N3S/c15-10-5-9-8-18-4-3-17-13-1-2-16-7-12(13)11(6-10)14(9)17/h1-4,7,9-14H,5-6,8,15H2. The summed E-state index contributed by atoms with van der Waals surface area (Å²) >= 11 is 1.95. The zero-order valence-electron chi connectivity index (χ0n) is 10.4. The maximum absolute atomic E-state index is 6.29. The molecule has 2 fully saturated rings. The van der Waals surface area contributed by atoms with Gasteiger partial charge in [-0.05, 0) is 36.2 Å². The Morgan fingerprint density at radius 3 is 3.22 bits per heavy atom. The van der Waals surface area contributed by atoms with Crippen LogP contribution in [0.1, 0.15) is 12.8 Å². The zero-order valence-corrected chi connectivity index (χ0v) is 11.2. The van der Waals surface area contributed by atoms with E-state index in [0.717, 1.165) is 12.3 Å². The fourth-order valence-electron chi connectivity index (χ4n) is 4.33. The fourth-order valence-corrected chi connectivity index (χ4v) is 5.25. The molecule has 3 nitrogen and oxygen atoms in total. The van der Waals surface area contributed by atoms with Crippen molar-refractivity contribution in [3.63, 3.8) is 0 Å². The molecule has 0 aromatic heterocycles. The van der Waals surface area contributed by atoms with Crippen molar-refractivity contribution >= 4 is 18.0 Å². The summed E-state index contributed by atoms with van der Waals surface area (Å²) in [5, 5.41) is 2.27. The average Bonchev–Trinajstić information content (AvgIpc) is 2.55. The van der Waals surface area contributed by atoms with Gasteiger partial charge < -0.3 is 10.6 Å². The van der Waals surface area contributed by atoms with Gasteiger partial charge in [0.05, 0.1) is 6.04 Å². The minimum absolute atomic E-state index is 0.384. The number of nitrogens with zero attached hydrogens (tertiary/aromatic N) is 2. The first-order chi connectivity index (χ1) is 8.84. The van der Waals surface area contributed by atoms with Crippen LogP contribution < -0.4 is 5.73 Å². The summed E-state index contributed by atoms with van der Waals surface area (Å²) in [6.45, 7) is 0. The molecule has 1 saturated carbocycles. The highest BCUT2D eigenvalue weighted by Crippen LogP contribution is 2.48. The second kappa shape index (κ2) is 4.14. The van der Waals surface area contributed by atoms with E-state index in [1.807, 2.05) is 18.0 Å². The minimum atomic E-state index is 0.384. The molecule has 4 aliphatic rings. The van der Waals surface area contributed by atoms with E-state index in [4.69, 9.17) is 5.73 Å². The summed E-state index contributed by atoms with van der Waals surface area (Å²) in [7, 11) is 0. The van der Waals surface area contributed by atoms with E-state index in [9.17, 15) is 0 Å². The van der Waals surface area contributed by atoms with Crippen LogP contribution in [0.15, 0.2) is 28.9 Å². The quantitative estimate of drug-likeness (QED) is 0.723. The molecule has 0 spiro atoms. The normalized spacial score (nSPS) is 48.8. The van der Waals surface area contributed by atoms with Gasteiger partial charge in [0.25, 0.3) is 0 Å². The Hall–Kier alpha value is -0.740. The van der Waals surface area contributed by atoms with Gasteiger partial charge in [-0.1, -0.05) is 0 Å². The second-order valence-electron chi connectivity index (χ2n) is 5.92. The van der Waals surface area contributed by atoms with Crippen LogP contribution in [0.5, 0.6) is 0 Å². The van der Waals surface area contributed by atoms with Gasteiger partial charge in [-0.25, -0.2) is 0 Å². The van der Waals surface area contributed by atoms with E-state index in [2.05, 4.69) is 33.8 Å². The highest BCUT2D eigenvalue weighted by atomic mass is 32.2. The molecule has 4 rings (SSSR count). The topological polar surface area (TPSA) is 41.6 Å². The summed E-state index contributed by atoms with van der Waals surface area (Å²) in [4.78, 5) is 6.96. The lowest BCUT2D eigenvalue weighted by atomic mass is 9.72. The van der Waals surface area contributed by atoms with Crippen LogP contribution in [0.25, 0.3) is 0 Å². The lowest BCUT2D eigenvalue weighted by molar-refractivity contribution is 0.149. The third kappa shape index (κ3) is 1.51. The molecule has 4 heteroatoms. The minimum Gasteiger partial charge on any atom is -0.366 e. The number of rotatable bonds is 0. The number of hydrogen-bond donors (Lipinski definition) is 1. The third-order valence-corrected chi connectivity index (χ3v) is 5.88. The molecule has 6 atom stereocenters. The first-order valence-electron chi connectivity index (χ1n) is 6.86. The smallest absolute Gasteiger partial charge is 0.0570 e. The van der Waals surface area contributed by atoms with E-state index < -0.39 is 0 Å². The summed E-state index contributed by atoms with van der Waals surface area (Å²) < 4.78 is 0. The molecule has 0 radical (unpaired) electrons. The maximum atomic E-state index is 6.29. The van der Waals surface area contributed by atoms with Crippen molar-refractivity contribution in [2.45, 2.75) is 31.0 Å². The molecule has 0 aromatic rings. The number of nitrogens with two attached hydrogens (primary N) is 1. The van der Waals surface area contributed by atoms with Crippen LogP contribution in [0, 0.1) is 17.8 Å². The monoisotopic (exact) mass is 261 g/mol. The van der Waals surface area contributed by atoms with Crippen molar-refractivity contribution in [2.75, 3.05) is 5.75 Å². The predicted molar refractivity (Wildman–Crippen MR) is 76.3 cm³/mol. The summed E-state index contributed by atoms with van der Waals surface area (Å²) in [6, 6.07) is 1.58. The van der Waals surface area contributed by atoms with E-state index in [1.165, 1.54) is 12.2 Å². The summed E-state index contributed by atoms with van der Waals surface area (Å²) in [5.41, 5.74) is 6.29. The van der Waals surface area contributed by atoms with Crippen molar-refractivity contribution in [2.24, 2.45) is 28.5 Å². The molecule has 96 valence electrons. The van der Waals surface area contributed by atoms with E-state index in [1.54, 1.807) is 0 Å². The SMILES string of the molecule is NC1CC2CSC=CN3C4C=CN=CC4C(C1)C23.